The van der Waals surface area contributed by atoms with Gasteiger partial charge in [-0.05, 0) is 18.2 Å². The lowest BCUT2D eigenvalue weighted by Gasteiger charge is -2.05. The van der Waals surface area contributed by atoms with Crippen molar-refractivity contribution < 1.29 is 9.13 Å². The van der Waals surface area contributed by atoms with E-state index < -0.39 is 0 Å². The van der Waals surface area contributed by atoms with Gasteiger partial charge in [0.05, 0.1) is 5.69 Å². The van der Waals surface area contributed by atoms with Crippen molar-refractivity contribution in [1.82, 2.24) is 4.98 Å². The van der Waals surface area contributed by atoms with Crippen molar-refractivity contribution >= 4 is 27.3 Å². The molecule has 17 heavy (non-hydrogen) atoms. The van der Waals surface area contributed by atoms with Crippen molar-refractivity contribution in [3.8, 4) is 5.75 Å². The van der Waals surface area contributed by atoms with Crippen LogP contribution in [0.4, 0.5) is 4.39 Å². The van der Waals surface area contributed by atoms with Gasteiger partial charge in [0.25, 0.3) is 0 Å². The summed E-state index contributed by atoms with van der Waals surface area (Å²) >= 11 is 4.73. The summed E-state index contributed by atoms with van der Waals surface area (Å²) in [6.45, 7) is 0.653. The van der Waals surface area contributed by atoms with Crippen LogP contribution in [-0.2, 0) is 13.2 Å². The van der Waals surface area contributed by atoms with Gasteiger partial charge in [0.1, 0.15) is 11.6 Å². The van der Waals surface area contributed by atoms with Crippen molar-refractivity contribution in [3.05, 3.63) is 44.6 Å². The van der Waals surface area contributed by atoms with Crippen molar-refractivity contribution in [2.45, 2.75) is 13.2 Å². The minimum absolute atomic E-state index is 0.210. The zero-order valence-electron chi connectivity index (χ0n) is 8.82. The van der Waals surface area contributed by atoms with Crippen LogP contribution in [0.25, 0.3) is 0 Å². The Morgan fingerprint density at radius 1 is 1.47 bits per heavy atom. The standard InChI is InChI=1S/C11H10BrFN2OS/c12-7-1-2-9(13)10(3-7)16-5-8-6-17-11(4-14)15-8/h1-3,6H,4-5,14H2. The SMILES string of the molecule is NCc1nc(COc2cc(Br)ccc2F)cs1. The highest BCUT2D eigenvalue weighted by Gasteiger charge is 2.06. The largest absolute Gasteiger partial charge is 0.484 e. The van der Waals surface area contributed by atoms with Gasteiger partial charge in [-0.3, -0.25) is 0 Å². The first-order chi connectivity index (χ1) is 8.19. The van der Waals surface area contributed by atoms with E-state index in [0.29, 0.717) is 6.54 Å². The summed E-state index contributed by atoms with van der Waals surface area (Å²) in [5.41, 5.74) is 6.21. The van der Waals surface area contributed by atoms with Crippen molar-refractivity contribution in [2.75, 3.05) is 0 Å². The second-order valence-electron chi connectivity index (χ2n) is 3.30. The van der Waals surface area contributed by atoms with Crippen LogP contribution < -0.4 is 10.5 Å². The molecule has 0 unspecified atom stereocenters. The third-order valence-corrected chi connectivity index (χ3v) is 3.46. The number of nitrogens with two attached hydrogens (primary N) is 1. The van der Waals surface area contributed by atoms with Gasteiger partial charge in [0.15, 0.2) is 11.6 Å². The fourth-order valence-corrected chi connectivity index (χ4v) is 2.25. The van der Waals surface area contributed by atoms with E-state index in [1.165, 1.54) is 17.4 Å². The van der Waals surface area contributed by atoms with Gasteiger partial charge in [-0.15, -0.1) is 11.3 Å². The normalized spacial score (nSPS) is 10.5. The maximum atomic E-state index is 13.4. The Morgan fingerprint density at radius 3 is 3.00 bits per heavy atom. The highest BCUT2D eigenvalue weighted by molar-refractivity contribution is 9.10. The van der Waals surface area contributed by atoms with Gasteiger partial charge in [-0.1, -0.05) is 15.9 Å². The van der Waals surface area contributed by atoms with Gasteiger partial charge in [-0.25, -0.2) is 9.37 Å². The molecule has 0 radical (unpaired) electrons. The molecule has 2 rings (SSSR count). The number of hydrogen-bond acceptors (Lipinski definition) is 4. The molecule has 0 fully saturated rings. The maximum absolute atomic E-state index is 13.4. The van der Waals surface area contributed by atoms with Crippen molar-refractivity contribution in [2.24, 2.45) is 5.73 Å². The Morgan fingerprint density at radius 2 is 2.29 bits per heavy atom. The molecule has 0 atom stereocenters. The first-order valence-corrected chi connectivity index (χ1v) is 6.57. The topological polar surface area (TPSA) is 48.1 Å². The van der Waals surface area contributed by atoms with Gasteiger partial charge < -0.3 is 10.5 Å². The van der Waals surface area contributed by atoms with E-state index in [0.717, 1.165) is 15.2 Å². The quantitative estimate of drug-likeness (QED) is 0.943. The molecule has 2 aromatic rings. The lowest BCUT2D eigenvalue weighted by molar-refractivity contribution is 0.286. The number of benzene rings is 1. The van der Waals surface area contributed by atoms with E-state index in [-0.39, 0.29) is 18.2 Å². The Labute approximate surface area is 111 Å². The predicted octanol–water partition coefficient (Wildman–Crippen LogP) is 3.08. The van der Waals surface area contributed by atoms with Crippen LogP contribution in [0.5, 0.6) is 5.75 Å². The van der Waals surface area contributed by atoms with Gasteiger partial charge in [-0.2, -0.15) is 0 Å². The average Bonchev–Trinajstić information content (AvgIpc) is 2.78. The third-order valence-electron chi connectivity index (χ3n) is 2.04. The van der Waals surface area contributed by atoms with Crippen LogP contribution in [0.3, 0.4) is 0 Å². The molecule has 2 N–H and O–H groups in total. The molecule has 0 saturated heterocycles. The molecular weight excluding hydrogens is 307 g/mol. The molecule has 1 aromatic carbocycles. The summed E-state index contributed by atoms with van der Waals surface area (Å²) in [5, 5.41) is 2.70. The molecule has 0 bridgehead atoms. The van der Waals surface area contributed by atoms with E-state index in [9.17, 15) is 4.39 Å². The Hall–Kier alpha value is -0.980. The third kappa shape index (κ3) is 3.24. The fraction of sp³-hybridized carbons (Fsp3) is 0.182. The second kappa shape index (κ2) is 5.57. The van der Waals surface area contributed by atoms with E-state index in [1.807, 2.05) is 5.38 Å². The number of rotatable bonds is 4. The van der Waals surface area contributed by atoms with Crippen LogP contribution in [-0.4, -0.2) is 4.98 Å². The van der Waals surface area contributed by atoms with Gasteiger partial charge in [0, 0.05) is 16.4 Å². The van der Waals surface area contributed by atoms with Crippen molar-refractivity contribution in [1.29, 1.82) is 0 Å². The van der Waals surface area contributed by atoms with Crippen LogP contribution in [0.15, 0.2) is 28.1 Å². The number of aromatic nitrogens is 1. The molecule has 0 amide bonds. The van der Waals surface area contributed by atoms with Crippen LogP contribution >= 0.6 is 27.3 Å². The fourth-order valence-electron chi connectivity index (χ4n) is 1.25. The maximum Gasteiger partial charge on any atom is 0.165 e. The number of halogens is 2. The van der Waals surface area contributed by atoms with Crippen molar-refractivity contribution in [3.63, 3.8) is 0 Å². The molecule has 0 saturated carbocycles. The summed E-state index contributed by atoms with van der Waals surface area (Å²) in [6, 6.07) is 4.56. The summed E-state index contributed by atoms with van der Waals surface area (Å²) in [7, 11) is 0. The van der Waals surface area contributed by atoms with E-state index in [4.69, 9.17) is 10.5 Å². The molecule has 3 nitrogen and oxygen atoms in total. The highest BCUT2D eigenvalue weighted by Crippen LogP contribution is 2.23. The number of nitrogens with zero attached hydrogens (tertiary/aromatic N) is 1. The highest BCUT2D eigenvalue weighted by atomic mass is 79.9. The molecule has 6 heteroatoms. The minimum Gasteiger partial charge on any atom is -0.484 e. The Kier molecular flexibility index (Phi) is 4.09. The Bertz CT molecular complexity index is 518. The first kappa shape index (κ1) is 12.5. The average molecular weight is 317 g/mol. The number of thiazole rings is 1. The summed E-state index contributed by atoms with van der Waals surface area (Å²) in [6.07, 6.45) is 0. The monoisotopic (exact) mass is 316 g/mol. The number of ether oxygens (including phenoxy) is 1. The van der Waals surface area contributed by atoms with Crippen LogP contribution in [0, 0.1) is 5.82 Å². The molecule has 0 aliphatic rings. The molecule has 1 heterocycles. The van der Waals surface area contributed by atoms with E-state index in [2.05, 4.69) is 20.9 Å². The smallest absolute Gasteiger partial charge is 0.165 e. The van der Waals surface area contributed by atoms with E-state index >= 15 is 0 Å². The summed E-state index contributed by atoms with van der Waals surface area (Å²) in [5.74, 6) is -0.177. The zero-order chi connectivity index (χ0) is 12.3. The zero-order valence-corrected chi connectivity index (χ0v) is 11.2. The Balaban J connectivity index is 2.04. The first-order valence-electron chi connectivity index (χ1n) is 4.90. The van der Waals surface area contributed by atoms with Crippen LogP contribution in [0.1, 0.15) is 10.7 Å². The summed E-state index contributed by atoms with van der Waals surface area (Å²) in [4.78, 5) is 4.23. The van der Waals surface area contributed by atoms with Crippen LogP contribution in [0.2, 0.25) is 0 Å². The van der Waals surface area contributed by atoms with Gasteiger partial charge >= 0.3 is 0 Å². The van der Waals surface area contributed by atoms with Gasteiger partial charge in [0.2, 0.25) is 0 Å². The molecule has 0 spiro atoms. The molecular formula is C11H10BrFN2OS. The summed E-state index contributed by atoms with van der Waals surface area (Å²) < 4.78 is 19.5. The molecule has 90 valence electrons. The molecule has 1 aromatic heterocycles. The lowest BCUT2D eigenvalue weighted by atomic mass is 10.3. The molecule has 0 aliphatic carbocycles. The predicted molar refractivity (Wildman–Crippen MR) is 68.4 cm³/mol. The minimum atomic E-state index is -0.387. The molecule has 0 aliphatic heterocycles. The lowest BCUT2D eigenvalue weighted by Crippen LogP contribution is -2.00. The van der Waals surface area contributed by atoms with E-state index in [1.54, 1.807) is 12.1 Å². The number of hydrogen-bond donors (Lipinski definition) is 1. The second-order valence-corrected chi connectivity index (χ2v) is 5.16.